The molecular weight excluding hydrogens is 240 g/mol. The van der Waals surface area contributed by atoms with Crippen molar-refractivity contribution in [1.29, 1.82) is 0 Å². The summed E-state index contributed by atoms with van der Waals surface area (Å²) in [4.78, 5) is 2.38. The Balaban J connectivity index is 2.38. The van der Waals surface area contributed by atoms with E-state index in [1.807, 2.05) is 12.1 Å². The second kappa shape index (κ2) is 5.59. The first-order valence-electron chi connectivity index (χ1n) is 6.86. The Hall–Kier alpha value is -1.58. The summed E-state index contributed by atoms with van der Waals surface area (Å²) in [6.45, 7) is 5.61. The van der Waals surface area contributed by atoms with E-state index in [2.05, 4.69) is 18.7 Å². The fourth-order valence-electron chi connectivity index (χ4n) is 2.81. The van der Waals surface area contributed by atoms with Gasteiger partial charge in [-0.15, -0.1) is 0 Å². The topological polar surface area (TPSA) is 47.7 Å². The third-order valence-electron chi connectivity index (χ3n) is 4.22. The molecule has 0 amide bonds. The zero-order chi connectivity index (χ0) is 14.0. The van der Waals surface area contributed by atoms with Crippen molar-refractivity contribution in [2.45, 2.75) is 32.7 Å². The van der Waals surface area contributed by atoms with E-state index in [0.717, 1.165) is 23.7 Å². The number of nitrogens with two attached hydrogens (primary N) is 1. The fourth-order valence-corrected chi connectivity index (χ4v) is 2.81. The van der Waals surface area contributed by atoms with E-state index in [1.54, 1.807) is 14.2 Å². The van der Waals surface area contributed by atoms with Crippen molar-refractivity contribution in [2.75, 3.05) is 31.4 Å². The minimum atomic E-state index is 0.495. The molecule has 0 saturated carbocycles. The molecule has 1 saturated heterocycles. The van der Waals surface area contributed by atoms with Crippen LogP contribution in [0.1, 0.15) is 26.7 Å². The number of nitrogen functional groups attached to an aromatic ring is 1. The van der Waals surface area contributed by atoms with Crippen LogP contribution in [0.5, 0.6) is 11.5 Å². The Labute approximate surface area is 115 Å². The van der Waals surface area contributed by atoms with E-state index < -0.39 is 0 Å². The van der Waals surface area contributed by atoms with Gasteiger partial charge in [-0.1, -0.05) is 6.92 Å². The normalized spacial score (nSPS) is 23.3. The van der Waals surface area contributed by atoms with Gasteiger partial charge in [-0.2, -0.15) is 0 Å². The average molecular weight is 264 g/mol. The molecule has 1 heterocycles. The molecular formula is C15H24N2O2. The van der Waals surface area contributed by atoms with E-state index in [9.17, 15) is 0 Å². The Kier molecular flexibility index (Phi) is 4.08. The summed E-state index contributed by atoms with van der Waals surface area (Å²) in [6.07, 6.45) is 2.49. The molecule has 1 aliphatic heterocycles. The molecule has 2 unspecified atom stereocenters. The van der Waals surface area contributed by atoms with Crippen LogP contribution in [0.3, 0.4) is 0 Å². The molecule has 106 valence electrons. The SMILES string of the molecule is COc1cc(N)c(N2CCCC(C)C2C)cc1OC. The van der Waals surface area contributed by atoms with Gasteiger partial charge in [0.15, 0.2) is 11.5 Å². The van der Waals surface area contributed by atoms with Gasteiger partial charge in [0.2, 0.25) is 0 Å². The molecule has 4 heteroatoms. The van der Waals surface area contributed by atoms with Gasteiger partial charge >= 0.3 is 0 Å². The summed E-state index contributed by atoms with van der Waals surface area (Å²) in [6, 6.07) is 4.33. The predicted molar refractivity (Wildman–Crippen MR) is 79.2 cm³/mol. The molecule has 2 atom stereocenters. The lowest BCUT2D eigenvalue weighted by atomic mass is 9.91. The molecule has 1 aliphatic rings. The van der Waals surface area contributed by atoms with Crippen LogP contribution in [-0.2, 0) is 0 Å². The van der Waals surface area contributed by atoms with Crippen molar-refractivity contribution in [3.63, 3.8) is 0 Å². The molecule has 2 rings (SSSR count). The molecule has 1 aromatic rings. The van der Waals surface area contributed by atoms with Gasteiger partial charge in [-0.25, -0.2) is 0 Å². The standard InChI is InChI=1S/C15H24N2O2/c1-10-6-5-7-17(11(10)2)13-9-15(19-4)14(18-3)8-12(13)16/h8-11H,5-7,16H2,1-4H3. The fraction of sp³-hybridized carbons (Fsp3) is 0.600. The number of methoxy groups -OCH3 is 2. The second-order valence-electron chi connectivity index (χ2n) is 5.32. The van der Waals surface area contributed by atoms with Gasteiger partial charge in [-0.3, -0.25) is 0 Å². The van der Waals surface area contributed by atoms with Crippen molar-refractivity contribution in [1.82, 2.24) is 0 Å². The molecule has 1 aromatic carbocycles. The summed E-state index contributed by atoms with van der Waals surface area (Å²) >= 11 is 0. The van der Waals surface area contributed by atoms with Crippen LogP contribution < -0.4 is 20.1 Å². The highest BCUT2D eigenvalue weighted by atomic mass is 16.5. The van der Waals surface area contributed by atoms with Crippen molar-refractivity contribution in [3.05, 3.63) is 12.1 Å². The quantitative estimate of drug-likeness (QED) is 0.853. The first-order valence-corrected chi connectivity index (χ1v) is 6.86. The lowest BCUT2D eigenvalue weighted by Crippen LogP contribution is -2.42. The maximum absolute atomic E-state index is 6.18. The van der Waals surface area contributed by atoms with E-state index in [-0.39, 0.29) is 0 Å². The lowest BCUT2D eigenvalue weighted by molar-refractivity contribution is 0.351. The van der Waals surface area contributed by atoms with Crippen LogP contribution >= 0.6 is 0 Å². The molecule has 2 N–H and O–H groups in total. The maximum atomic E-state index is 6.18. The Bertz CT molecular complexity index is 448. The maximum Gasteiger partial charge on any atom is 0.162 e. The van der Waals surface area contributed by atoms with Crippen molar-refractivity contribution in [3.8, 4) is 11.5 Å². The number of anilines is 2. The highest BCUT2D eigenvalue weighted by Gasteiger charge is 2.27. The zero-order valence-corrected chi connectivity index (χ0v) is 12.3. The van der Waals surface area contributed by atoms with Crippen LogP contribution in [0.15, 0.2) is 12.1 Å². The lowest BCUT2D eigenvalue weighted by Gasteiger charge is -2.40. The predicted octanol–water partition coefficient (Wildman–Crippen LogP) is 2.91. The largest absolute Gasteiger partial charge is 0.493 e. The van der Waals surface area contributed by atoms with E-state index >= 15 is 0 Å². The van der Waals surface area contributed by atoms with Crippen LogP contribution in [0.2, 0.25) is 0 Å². The molecule has 0 spiro atoms. The molecule has 0 radical (unpaired) electrons. The van der Waals surface area contributed by atoms with Gasteiger partial charge in [0.05, 0.1) is 25.6 Å². The average Bonchev–Trinajstić information content (AvgIpc) is 2.42. The molecule has 1 fully saturated rings. The molecule has 19 heavy (non-hydrogen) atoms. The van der Waals surface area contributed by atoms with Crippen molar-refractivity contribution < 1.29 is 9.47 Å². The van der Waals surface area contributed by atoms with E-state index in [4.69, 9.17) is 15.2 Å². The number of piperidine rings is 1. The zero-order valence-electron chi connectivity index (χ0n) is 12.3. The first kappa shape index (κ1) is 13.8. The number of nitrogens with zero attached hydrogens (tertiary/aromatic N) is 1. The van der Waals surface area contributed by atoms with Crippen molar-refractivity contribution in [2.24, 2.45) is 5.92 Å². The highest BCUT2D eigenvalue weighted by Crippen LogP contribution is 2.39. The summed E-state index contributed by atoms with van der Waals surface area (Å²) in [5, 5.41) is 0. The van der Waals surface area contributed by atoms with Crippen molar-refractivity contribution >= 4 is 11.4 Å². The van der Waals surface area contributed by atoms with E-state index in [0.29, 0.717) is 17.7 Å². The van der Waals surface area contributed by atoms with Gasteiger partial charge < -0.3 is 20.1 Å². The van der Waals surface area contributed by atoms with Crippen LogP contribution in [0.25, 0.3) is 0 Å². The molecule has 0 bridgehead atoms. The molecule has 4 nitrogen and oxygen atoms in total. The summed E-state index contributed by atoms with van der Waals surface area (Å²) < 4.78 is 10.7. The molecule has 0 aliphatic carbocycles. The summed E-state index contributed by atoms with van der Waals surface area (Å²) in [7, 11) is 3.28. The second-order valence-corrected chi connectivity index (χ2v) is 5.32. The van der Waals surface area contributed by atoms with E-state index in [1.165, 1.54) is 12.8 Å². The van der Waals surface area contributed by atoms with Gasteiger partial charge in [0.25, 0.3) is 0 Å². The van der Waals surface area contributed by atoms with Crippen LogP contribution in [-0.4, -0.2) is 26.8 Å². The Morgan fingerprint density at radius 3 is 2.42 bits per heavy atom. The minimum Gasteiger partial charge on any atom is -0.493 e. The number of ether oxygens (including phenoxy) is 2. The van der Waals surface area contributed by atoms with Gasteiger partial charge in [0.1, 0.15) is 0 Å². The third kappa shape index (κ3) is 2.57. The number of hydrogen-bond donors (Lipinski definition) is 1. The first-order chi connectivity index (χ1) is 9.08. The van der Waals surface area contributed by atoms with Gasteiger partial charge in [0, 0.05) is 24.7 Å². The highest BCUT2D eigenvalue weighted by molar-refractivity contribution is 5.73. The number of rotatable bonds is 3. The smallest absolute Gasteiger partial charge is 0.162 e. The molecule has 0 aromatic heterocycles. The number of benzene rings is 1. The minimum absolute atomic E-state index is 0.495. The summed E-state index contributed by atoms with van der Waals surface area (Å²) in [5.74, 6) is 2.10. The van der Waals surface area contributed by atoms with Crippen LogP contribution in [0.4, 0.5) is 11.4 Å². The summed E-state index contributed by atoms with van der Waals surface area (Å²) in [5.41, 5.74) is 7.98. The monoisotopic (exact) mass is 264 g/mol. The number of hydrogen-bond acceptors (Lipinski definition) is 4. The third-order valence-corrected chi connectivity index (χ3v) is 4.22. The van der Waals surface area contributed by atoms with Crippen LogP contribution in [0, 0.1) is 5.92 Å². The Morgan fingerprint density at radius 2 is 1.79 bits per heavy atom. The Morgan fingerprint density at radius 1 is 1.16 bits per heavy atom. The van der Waals surface area contributed by atoms with Gasteiger partial charge in [-0.05, 0) is 25.7 Å².